The summed E-state index contributed by atoms with van der Waals surface area (Å²) in [6.07, 6.45) is 3.23. The minimum absolute atomic E-state index is 0.303. The SMILES string of the molecule is C[C@@H](C(=O)OCC(N)=O)N1C(=O)[C@H]2CCCC[C@@H]2C1=O. The van der Waals surface area contributed by atoms with Crippen LogP contribution in [0.1, 0.15) is 32.6 Å². The molecule has 2 rings (SSSR count). The summed E-state index contributed by atoms with van der Waals surface area (Å²) in [6.45, 7) is 0.878. The molecule has 7 nitrogen and oxygen atoms in total. The normalized spacial score (nSPS) is 27.1. The van der Waals surface area contributed by atoms with Crippen molar-refractivity contribution in [3.63, 3.8) is 0 Å². The van der Waals surface area contributed by atoms with Crippen molar-refractivity contribution < 1.29 is 23.9 Å². The molecule has 1 aliphatic heterocycles. The molecule has 110 valence electrons. The molecule has 0 unspecified atom stereocenters. The summed E-state index contributed by atoms with van der Waals surface area (Å²) < 4.78 is 4.67. The smallest absolute Gasteiger partial charge is 0.329 e. The van der Waals surface area contributed by atoms with Crippen LogP contribution in [0, 0.1) is 11.8 Å². The molecule has 1 aliphatic carbocycles. The second-order valence-corrected chi connectivity index (χ2v) is 5.29. The quantitative estimate of drug-likeness (QED) is 0.556. The van der Waals surface area contributed by atoms with E-state index >= 15 is 0 Å². The number of nitrogens with zero attached hydrogens (tertiary/aromatic N) is 1. The van der Waals surface area contributed by atoms with Gasteiger partial charge >= 0.3 is 5.97 Å². The highest BCUT2D eigenvalue weighted by Gasteiger charge is 2.51. The number of ether oxygens (including phenoxy) is 1. The van der Waals surface area contributed by atoms with Gasteiger partial charge in [-0.05, 0) is 19.8 Å². The Morgan fingerprint density at radius 1 is 1.25 bits per heavy atom. The van der Waals surface area contributed by atoms with Crippen molar-refractivity contribution >= 4 is 23.7 Å². The van der Waals surface area contributed by atoms with Crippen molar-refractivity contribution in [2.24, 2.45) is 17.6 Å². The zero-order valence-electron chi connectivity index (χ0n) is 11.3. The molecule has 0 radical (unpaired) electrons. The van der Waals surface area contributed by atoms with Gasteiger partial charge in [0, 0.05) is 0 Å². The zero-order chi connectivity index (χ0) is 14.9. The third-order valence-electron chi connectivity index (χ3n) is 3.96. The van der Waals surface area contributed by atoms with Crippen LogP contribution in [-0.4, -0.2) is 41.2 Å². The molecule has 2 aliphatic rings. The molecule has 0 aromatic carbocycles. The lowest BCUT2D eigenvalue weighted by molar-refractivity contribution is -0.159. The molecule has 1 saturated heterocycles. The third-order valence-corrected chi connectivity index (χ3v) is 3.96. The first-order valence-electron chi connectivity index (χ1n) is 6.75. The zero-order valence-corrected chi connectivity index (χ0v) is 11.3. The predicted molar refractivity (Wildman–Crippen MR) is 66.9 cm³/mol. The maximum Gasteiger partial charge on any atom is 0.329 e. The average Bonchev–Trinajstić information content (AvgIpc) is 2.68. The van der Waals surface area contributed by atoms with Gasteiger partial charge in [0.25, 0.3) is 5.91 Å². The van der Waals surface area contributed by atoms with E-state index in [2.05, 4.69) is 4.74 Å². The number of likely N-dealkylation sites (tertiary alicyclic amines) is 1. The second-order valence-electron chi connectivity index (χ2n) is 5.29. The fourth-order valence-corrected chi connectivity index (χ4v) is 2.94. The van der Waals surface area contributed by atoms with E-state index < -0.39 is 24.5 Å². The summed E-state index contributed by atoms with van der Waals surface area (Å²) in [5, 5.41) is 0. The van der Waals surface area contributed by atoms with Gasteiger partial charge in [-0.2, -0.15) is 0 Å². The number of nitrogens with two attached hydrogens (primary N) is 1. The van der Waals surface area contributed by atoms with Crippen LogP contribution >= 0.6 is 0 Å². The fraction of sp³-hybridized carbons (Fsp3) is 0.692. The topological polar surface area (TPSA) is 107 Å². The lowest BCUT2D eigenvalue weighted by Gasteiger charge is -2.21. The summed E-state index contributed by atoms with van der Waals surface area (Å²) in [5.74, 6) is -2.78. The number of esters is 1. The van der Waals surface area contributed by atoms with Gasteiger partial charge in [0.2, 0.25) is 11.8 Å². The van der Waals surface area contributed by atoms with Crippen LogP contribution in [0.3, 0.4) is 0 Å². The van der Waals surface area contributed by atoms with E-state index in [1.54, 1.807) is 0 Å². The molecule has 2 N–H and O–H groups in total. The van der Waals surface area contributed by atoms with Crippen molar-refractivity contribution in [3.05, 3.63) is 0 Å². The number of fused-ring (bicyclic) bond motifs is 1. The van der Waals surface area contributed by atoms with E-state index in [9.17, 15) is 19.2 Å². The van der Waals surface area contributed by atoms with Crippen LogP contribution < -0.4 is 5.73 Å². The average molecular weight is 282 g/mol. The van der Waals surface area contributed by atoms with E-state index in [1.807, 2.05) is 0 Å². The van der Waals surface area contributed by atoms with Gasteiger partial charge in [0.1, 0.15) is 6.04 Å². The Morgan fingerprint density at radius 2 is 1.75 bits per heavy atom. The van der Waals surface area contributed by atoms with Crippen molar-refractivity contribution in [3.8, 4) is 0 Å². The molecule has 0 aromatic rings. The van der Waals surface area contributed by atoms with E-state index in [1.165, 1.54) is 6.92 Å². The Bertz CT molecular complexity index is 438. The van der Waals surface area contributed by atoms with Crippen molar-refractivity contribution in [1.29, 1.82) is 0 Å². The van der Waals surface area contributed by atoms with E-state index in [0.29, 0.717) is 12.8 Å². The Hall–Kier alpha value is -1.92. The molecule has 3 amide bonds. The monoisotopic (exact) mass is 282 g/mol. The lowest BCUT2D eigenvalue weighted by Crippen LogP contribution is -2.45. The Balaban J connectivity index is 2.07. The first kappa shape index (κ1) is 14.5. The Kier molecular flexibility index (Phi) is 4.06. The lowest BCUT2D eigenvalue weighted by atomic mass is 9.81. The summed E-state index contributed by atoms with van der Waals surface area (Å²) >= 11 is 0. The second kappa shape index (κ2) is 5.60. The van der Waals surface area contributed by atoms with Gasteiger partial charge in [0.05, 0.1) is 11.8 Å². The molecule has 1 heterocycles. The number of carbonyl (C=O) groups is 4. The predicted octanol–water partition coefficient (Wildman–Crippen LogP) is -0.421. The highest BCUT2D eigenvalue weighted by Crippen LogP contribution is 2.38. The molecule has 0 bridgehead atoms. The molecule has 3 atom stereocenters. The molecule has 2 fully saturated rings. The number of imide groups is 1. The summed E-state index contributed by atoms with van der Waals surface area (Å²) in [4.78, 5) is 47.8. The highest BCUT2D eigenvalue weighted by atomic mass is 16.5. The Morgan fingerprint density at radius 3 is 2.20 bits per heavy atom. The van der Waals surface area contributed by atoms with Gasteiger partial charge in [-0.15, -0.1) is 0 Å². The van der Waals surface area contributed by atoms with E-state index in [0.717, 1.165) is 17.7 Å². The summed E-state index contributed by atoms with van der Waals surface area (Å²) in [5.41, 5.74) is 4.88. The number of amides is 3. The molecule has 0 spiro atoms. The summed E-state index contributed by atoms with van der Waals surface area (Å²) in [7, 11) is 0. The molecule has 1 saturated carbocycles. The van der Waals surface area contributed by atoms with Gasteiger partial charge in [-0.3, -0.25) is 19.3 Å². The van der Waals surface area contributed by atoms with Crippen LogP contribution in [0.25, 0.3) is 0 Å². The van der Waals surface area contributed by atoms with Crippen molar-refractivity contribution in [2.45, 2.75) is 38.6 Å². The third kappa shape index (κ3) is 2.52. The van der Waals surface area contributed by atoms with Crippen LogP contribution in [0.5, 0.6) is 0 Å². The van der Waals surface area contributed by atoms with E-state index in [4.69, 9.17) is 5.73 Å². The number of hydrogen-bond acceptors (Lipinski definition) is 5. The maximum absolute atomic E-state index is 12.2. The van der Waals surface area contributed by atoms with Crippen LogP contribution in [0.4, 0.5) is 0 Å². The first-order chi connectivity index (χ1) is 9.43. The Labute approximate surface area is 116 Å². The summed E-state index contributed by atoms with van der Waals surface area (Å²) in [6, 6.07) is -1.01. The number of carbonyl (C=O) groups excluding carboxylic acids is 4. The minimum Gasteiger partial charge on any atom is -0.454 e. The standard InChI is InChI=1S/C13H18N2O5/c1-7(13(19)20-6-10(14)16)15-11(17)8-4-2-3-5-9(8)12(15)18/h7-9H,2-6H2,1H3,(H2,14,16)/t7-,8-,9-/m0/s1. The van der Waals surface area contributed by atoms with Crippen molar-refractivity contribution in [2.75, 3.05) is 6.61 Å². The number of rotatable bonds is 4. The molecular formula is C13H18N2O5. The number of primary amides is 1. The molecular weight excluding hydrogens is 264 g/mol. The molecule has 7 heteroatoms. The van der Waals surface area contributed by atoms with Gasteiger partial charge in [-0.25, -0.2) is 4.79 Å². The van der Waals surface area contributed by atoms with Crippen LogP contribution in [-0.2, 0) is 23.9 Å². The fourth-order valence-electron chi connectivity index (χ4n) is 2.94. The number of hydrogen-bond donors (Lipinski definition) is 1. The van der Waals surface area contributed by atoms with Crippen LogP contribution in [0.2, 0.25) is 0 Å². The highest BCUT2D eigenvalue weighted by molar-refractivity contribution is 6.07. The minimum atomic E-state index is -1.01. The van der Waals surface area contributed by atoms with Gasteiger partial charge in [-0.1, -0.05) is 12.8 Å². The maximum atomic E-state index is 12.2. The van der Waals surface area contributed by atoms with Gasteiger partial charge < -0.3 is 10.5 Å². The molecule has 20 heavy (non-hydrogen) atoms. The largest absolute Gasteiger partial charge is 0.454 e. The van der Waals surface area contributed by atoms with Gasteiger partial charge in [0.15, 0.2) is 6.61 Å². The molecule has 0 aromatic heterocycles. The van der Waals surface area contributed by atoms with Crippen LogP contribution in [0.15, 0.2) is 0 Å². The van der Waals surface area contributed by atoms with E-state index in [-0.39, 0.29) is 23.7 Å². The van der Waals surface area contributed by atoms with Crippen molar-refractivity contribution in [1.82, 2.24) is 4.90 Å². The first-order valence-corrected chi connectivity index (χ1v) is 6.75.